The molecule has 24 heavy (non-hydrogen) atoms. The van der Waals surface area contributed by atoms with Crippen LogP contribution >= 0.6 is 0 Å². The third-order valence-electron chi connectivity index (χ3n) is 5.47. The van der Waals surface area contributed by atoms with Gasteiger partial charge in [0.15, 0.2) is 0 Å². The molecule has 1 aromatic heterocycles. The van der Waals surface area contributed by atoms with Crippen LogP contribution in [-0.2, 0) is 16.8 Å². The van der Waals surface area contributed by atoms with Gasteiger partial charge < -0.3 is 4.90 Å². The molecule has 1 aliphatic carbocycles. The van der Waals surface area contributed by atoms with E-state index in [2.05, 4.69) is 17.2 Å². The fraction of sp³-hybridized carbons (Fsp3) is 0.812. The number of halogens is 3. The fourth-order valence-corrected chi connectivity index (χ4v) is 3.42. The van der Waals surface area contributed by atoms with Crippen LogP contribution in [0.2, 0.25) is 0 Å². The summed E-state index contributed by atoms with van der Waals surface area (Å²) in [6.07, 6.45) is -0.494. The molecule has 0 unspecified atom stereocenters. The van der Waals surface area contributed by atoms with E-state index in [9.17, 15) is 18.0 Å². The average Bonchev–Trinajstić information content (AvgIpc) is 3.22. The van der Waals surface area contributed by atoms with Gasteiger partial charge in [-0.15, -0.1) is 5.10 Å². The highest BCUT2D eigenvalue weighted by molar-refractivity contribution is 5.86. The van der Waals surface area contributed by atoms with Crippen LogP contribution in [0.5, 0.6) is 0 Å². The van der Waals surface area contributed by atoms with Crippen LogP contribution in [0.4, 0.5) is 13.2 Å². The van der Waals surface area contributed by atoms with Crippen molar-refractivity contribution in [3.05, 3.63) is 11.9 Å². The first-order valence-electron chi connectivity index (χ1n) is 8.49. The van der Waals surface area contributed by atoms with Crippen LogP contribution in [-0.4, -0.2) is 45.1 Å². The number of carbonyl (C=O) groups excluding carboxylic acids is 1. The lowest BCUT2D eigenvalue weighted by atomic mass is 9.77. The number of rotatable bonds is 4. The third kappa shape index (κ3) is 2.80. The van der Waals surface area contributed by atoms with Gasteiger partial charge in [-0.3, -0.25) is 9.48 Å². The molecule has 0 atom stereocenters. The lowest BCUT2D eigenvalue weighted by Gasteiger charge is -2.39. The van der Waals surface area contributed by atoms with E-state index in [0.717, 1.165) is 18.7 Å². The predicted octanol–water partition coefficient (Wildman–Crippen LogP) is 2.91. The maximum Gasteiger partial charge on any atom is 0.403 e. The first-order chi connectivity index (χ1) is 11.2. The summed E-state index contributed by atoms with van der Waals surface area (Å²) in [5.74, 6) is -0.744. The molecule has 8 heteroatoms. The lowest BCUT2D eigenvalue weighted by Crippen LogP contribution is -2.49. The molecule has 1 saturated carbocycles. The van der Waals surface area contributed by atoms with Gasteiger partial charge in [0.05, 0.1) is 5.69 Å². The Labute approximate surface area is 139 Å². The molecule has 1 aliphatic heterocycles. The highest BCUT2D eigenvalue weighted by Gasteiger charge is 2.69. The standard InChI is InChI=1S/C16H23F3N4O/c1-3-8-23-11-12(20-21-23)14(2)6-9-22(10-7-14)13(24)15(4-5-15)16(17,18)19/h11H,3-10H2,1-2H3. The van der Waals surface area contributed by atoms with Crippen molar-refractivity contribution in [1.29, 1.82) is 0 Å². The molecule has 5 nitrogen and oxygen atoms in total. The van der Waals surface area contributed by atoms with Gasteiger partial charge in [0.2, 0.25) is 5.91 Å². The average molecular weight is 344 g/mol. The number of hydrogen-bond donors (Lipinski definition) is 0. The van der Waals surface area contributed by atoms with Crippen molar-refractivity contribution in [2.24, 2.45) is 5.41 Å². The van der Waals surface area contributed by atoms with Gasteiger partial charge in [-0.25, -0.2) is 0 Å². The Bertz CT molecular complexity index is 613. The molecule has 0 N–H and O–H groups in total. The van der Waals surface area contributed by atoms with Crippen molar-refractivity contribution < 1.29 is 18.0 Å². The maximum absolute atomic E-state index is 13.1. The summed E-state index contributed by atoms with van der Waals surface area (Å²) in [6.45, 7) is 5.58. The van der Waals surface area contributed by atoms with Crippen molar-refractivity contribution in [3.8, 4) is 0 Å². The van der Waals surface area contributed by atoms with E-state index in [1.165, 1.54) is 4.90 Å². The first kappa shape index (κ1) is 17.2. The van der Waals surface area contributed by atoms with Gasteiger partial charge in [-0.05, 0) is 32.1 Å². The van der Waals surface area contributed by atoms with Gasteiger partial charge in [-0.2, -0.15) is 13.2 Å². The first-order valence-corrected chi connectivity index (χ1v) is 8.49. The maximum atomic E-state index is 13.1. The van der Waals surface area contributed by atoms with Gasteiger partial charge in [-0.1, -0.05) is 19.1 Å². The SMILES string of the molecule is CCCn1cc(C2(C)CCN(C(=O)C3(C(F)(F)F)CC3)CC2)nn1. The van der Waals surface area contributed by atoms with Crippen molar-refractivity contribution >= 4 is 5.91 Å². The predicted molar refractivity (Wildman–Crippen MR) is 81.2 cm³/mol. The topological polar surface area (TPSA) is 51.0 Å². The lowest BCUT2D eigenvalue weighted by molar-refractivity contribution is -0.199. The Balaban J connectivity index is 1.66. The molecule has 1 amide bonds. The number of nitrogens with zero attached hydrogens (tertiary/aromatic N) is 4. The zero-order valence-corrected chi connectivity index (χ0v) is 14.1. The highest BCUT2D eigenvalue weighted by Crippen LogP contribution is 2.59. The molecule has 134 valence electrons. The van der Waals surface area contributed by atoms with Crippen molar-refractivity contribution in [3.63, 3.8) is 0 Å². The van der Waals surface area contributed by atoms with Gasteiger partial charge in [0.1, 0.15) is 5.41 Å². The number of alkyl halides is 3. The van der Waals surface area contributed by atoms with Crippen molar-refractivity contribution in [1.82, 2.24) is 19.9 Å². The van der Waals surface area contributed by atoms with E-state index in [1.54, 1.807) is 4.68 Å². The van der Waals surface area contributed by atoms with Crippen molar-refractivity contribution in [2.45, 2.75) is 64.1 Å². The Morgan fingerprint density at radius 2 is 1.88 bits per heavy atom. The van der Waals surface area contributed by atoms with E-state index in [1.807, 2.05) is 13.1 Å². The highest BCUT2D eigenvalue weighted by atomic mass is 19.4. The van der Waals surface area contributed by atoms with Crippen LogP contribution in [0, 0.1) is 5.41 Å². The van der Waals surface area contributed by atoms with E-state index in [-0.39, 0.29) is 18.3 Å². The van der Waals surface area contributed by atoms with Gasteiger partial charge in [0, 0.05) is 31.2 Å². The monoisotopic (exact) mass is 344 g/mol. The van der Waals surface area contributed by atoms with Gasteiger partial charge >= 0.3 is 6.18 Å². The summed E-state index contributed by atoms with van der Waals surface area (Å²) in [6, 6.07) is 0. The summed E-state index contributed by atoms with van der Waals surface area (Å²) in [5.41, 5.74) is -1.48. The molecule has 1 aromatic rings. The smallest absolute Gasteiger partial charge is 0.342 e. The quantitative estimate of drug-likeness (QED) is 0.844. The van der Waals surface area contributed by atoms with E-state index < -0.39 is 17.5 Å². The van der Waals surface area contributed by atoms with Crippen LogP contribution in [0.25, 0.3) is 0 Å². The van der Waals surface area contributed by atoms with E-state index >= 15 is 0 Å². The number of likely N-dealkylation sites (tertiary alicyclic amines) is 1. The minimum Gasteiger partial charge on any atom is -0.342 e. The second kappa shape index (κ2) is 5.74. The Kier molecular flexibility index (Phi) is 4.12. The molecule has 0 radical (unpaired) electrons. The van der Waals surface area contributed by atoms with E-state index in [4.69, 9.17) is 0 Å². The Hall–Kier alpha value is -1.60. The number of aryl methyl sites for hydroxylation is 1. The summed E-state index contributed by atoms with van der Waals surface area (Å²) < 4.78 is 41.2. The van der Waals surface area contributed by atoms with Crippen molar-refractivity contribution in [2.75, 3.05) is 13.1 Å². The molecule has 0 aromatic carbocycles. The second-order valence-corrected chi connectivity index (χ2v) is 7.30. The molecule has 3 rings (SSSR count). The Morgan fingerprint density at radius 3 is 2.38 bits per heavy atom. The normalized spacial score (nSPS) is 22.5. The molecular formula is C16H23F3N4O. The molecule has 0 spiro atoms. The van der Waals surface area contributed by atoms with Crippen LogP contribution in [0.3, 0.4) is 0 Å². The number of aromatic nitrogens is 3. The fourth-order valence-electron chi connectivity index (χ4n) is 3.42. The number of amides is 1. The summed E-state index contributed by atoms with van der Waals surface area (Å²) in [7, 11) is 0. The molecule has 0 bridgehead atoms. The summed E-state index contributed by atoms with van der Waals surface area (Å²) >= 11 is 0. The molecule has 2 aliphatic rings. The Morgan fingerprint density at radius 1 is 1.25 bits per heavy atom. The summed E-state index contributed by atoms with van der Waals surface area (Å²) in [4.78, 5) is 13.7. The zero-order chi connectivity index (χ0) is 17.6. The van der Waals surface area contributed by atoms with E-state index in [0.29, 0.717) is 25.9 Å². The van der Waals surface area contributed by atoms with Crippen LogP contribution in [0.1, 0.15) is 51.6 Å². The third-order valence-corrected chi connectivity index (χ3v) is 5.47. The second-order valence-electron chi connectivity index (χ2n) is 7.30. The molecule has 2 heterocycles. The van der Waals surface area contributed by atoms with Gasteiger partial charge in [0.25, 0.3) is 0 Å². The molecular weight excluding hydrogens is 321 g/mol. The summed E-state index contributed by atoms with van der Waals surface area (Å²) in [5, 5.41) is 8.33. The number of carbonyl (C=O) groups is 1. The number of piperidine rings is 1. The van der Waals surface area contributed by atoms with Crippen LogP contribution in [0.15, 0.2) is 6.20 Å². The molecule has 1 saturated heterocycles. The minimum atomic E-state index is -4.44. The minimum absolute atomic E-state index is 0.0750. The van der Waals surface area contributed by atoms with Crippen LogP contribution < -0.4 is 0 Å². The zero-order valence-electron chi connectivity index (χ0n) is 14.1. The number of hydrogen-bond acceptors (Lipinski definition) is 3. The largest absolute Gasteiger partial charge is 0.403 e. The molecule has 2 fully saturated rings.